The average Bonchev–Trinajstić information content (AvgIpc) is 3.23. The lowest BCUT2D eigenvalue weighted by Crippen LogP contribution is -2.30. The highest BCUT2D eigenvalue weighted by atomic mass is 16.5. The number of nitrogens with zero attached hydrogens (tertiary/aromatic N) is 1. The fourth-order valence-electron chi connectivity index (χ4n) is 5.27. The number of benzene rings is 4. The molecule has 4 aromatic carbocycles. The van der Waals surface area contributed by atoms with Gasteiger partial charge in [-0.05, 0) is 85.0 Å². The third-order valence-electron chi connectivity index (χ3n) is 7.15. The molecule has 1 N–H and O–H groups in total. The van der Waals surface area contributed by atoms with Crippen LogP contribution in [0.4, 0.5) is 5.69 Å². The van der Waals surface area contributed by atoms with Crippen molar-refractivity contribution in [1.82, 2.24) is 0 Å². The molecular formula is C33H27NO5. The Morgan fingerprint density at radius 3 is 2.49 bits per heavy atom. The number of fused-ring (bicyclic) bond motifs is 1. The van der Waals surface area contributed by atoms with E-state index in [0.717, 1.165) is 29.7 Å². The zero-order valence-corrected chi connectivity index (χ0v) is 21.5. The summed E-state index contributed by atoms with van der Waals surface area (Å²) in [7, 11) is 0. The first-order valence-electron chi connectivity index (χ1n) is 13.0. The van der Waals surface area contributed by atoms with Gasteiger partial charge in [-0.1, -0.05) is 48.5 Å². The van der Waals surface area contributed by atoms with Crippen molar-refractivity contribution in [2.45, 2.75) is 25.8 Å². The summed E-state index contributed by atoms with van der Waals surface area (Å²) in [6, 6.07) is 28.6. The Hall–Kier alpha value is -4.84. The summed E-state index contributed by atoms with van der Waals surface area (Å²) in [5.41, 5.74) is 3.58. The van der Waals surface area contributed by atoms with Crippen LogP contribution in [0.15, 0.2) is 103 Å². The average molecular weight is 518 g/mol. The van der Waals surface area contributed by atoms with Crippen molar-refractivity contribution < 1.29 is 24.2 Å². The number of amides is 1. The zero-order valence-electron chi connectivity index (χ0n) is 21.5. The number of ketones is 1. The second-order valence-corrected chi connectivity index (χ2v) is 9.72. The summed E-state index contributed by atoms with van der Waals surface area (Å²) in [6.45, 7) is 2.55. The van der Waals surface area contributed by atoms with Gasteiger partial charge in [-0.25, -0.2) is 0 Å². The lowest BCUT2D eigenvalue weighted by atomic mass is 9.93. The van der Waals surface area contributed by atoms with Crippen molar-refractivity contribution in [2.24, 2.45) is 0 Å². The minimum absolute atomic E-state index is 0.0387. The van der Waals surface area contributed by atoms with E-state index in [-0.39, 0.29) is 11.3 Å². The van der Waals surface area contributed by atoms with Crippen molar-refractivity contribution in [3.63, 3.8) is 0 Å². The van der Waals surface area contributed by atoms with Crippen LogP contribution in [0.3, 0.4) is 0 Å². The molecule has 0 bridgehead atoms. The molecule has 6 rings (SSSR count). The second kappa shape index (κ2) is 10.1. The fourth-order valence-corrected chi connectivity index (χ4v) is 5.27. The Morgan fingerprint density at radius 1 is 0.897 bits per heavy atom. The van der Waals surface area contributed by atoms with E-state index in [0.29, 0.717) is 34.9 Å². The maximum atomic E-state index is 13.6. The second-order valence-electron chi connectivity index (χ2n) is 9.72. The van der Waals surface area contributed by atoms with Gasteiger partial charge in [0.25, 0.3) is 11.7 Å². The molecule has 194 valence electrons. The summed E-state index contributed by atoms with van der Waals surface area (Å²) in [5.74, 6) is 0.368. The number of anilines is 1. The Morgan fingerprint density at radius 2 is 1.67 bits per heavy atom. The van der Waals surface area contributed by atoms with E-state index < -0.39 is 17.7 Å². The highest BCUT2D eigenvalue weighted by Gasteiger charge is 2.47. The first kappa shape index (κ1) is 24.5. The van der Waals surface area contributed by atoms with E-state index in [2.05, 4.69) is 0 Å². The minimum Gasteiger partial charge on any atom is -0.507 e. The number of Topliss-reactive ketones (excluding diaryl/α,β-unsaturated/α-hetero) is 1. The fraction of sp³-hybridized carbons (Fsp3) is 0.152. The Balaban J connectivity index is 1.50. The molecule has 4 aromatic rings. The number of ether oxygens (including phenoxy) is 2. The first-order valence-corrected chi connectivity index (χ1v) is 13.0. The highest BCUT2D eigenvalue weighted by Crippen LogP contribution is 2.44. The highest BCUT2D eigenvalue weighted by molar-refractivity contribution is 6.51. The molecule has 1 saturated heterocycles. The number of hydrogen-bond acceptors (Lipinski definition) is 5. The maximum absolute atomic E-state index is 13.6. The Bertz CT molecular complexity index is 1610. The maximum Gasteiger partial charge on any atom is 0.300 e. The van der Waals surface area contributed by atoms with E-state index >= 15 is 0 Å². The SMILES string of the molecule is Cc1ccccc1N1C(=O)C(=O)/C(=C(\O)c2ccc3c(c2)CCCO3)C1c1cccc(Oc2ccccc2)c1. The molecule has 0 spiro atoms. The Labute approximate surface area is 226 Å². The number of aliphatic hydroxyl groups excluding tert-OH is 1. The zero-order chi connectivity index (χ0) is 26.9. The van der Waals surface area contributed by atoms with Crippen LogP contribution in [0.2, 0.25) is 0 Å². The van der Waals surface area contributed by atoms with Crippen molar-refractivity contribution in [3.05, 3.63) is 125 Å². The molecule has 6 nitrogen and oxygen atoms in total. The van der Waals surface area contributed by atoms with Crippen molar-refractivity contribution in [1.29, 1.82) is 0 Å². The molecule has 0 saturated carbocycles. The summed E-state index contributed by atoms with van der Waals surface area (Å²) >= 11 is 0. The van der Waals surface area contributed by atoms with Gasteiger partial charge < -0.3 is 14.6 Å². The predicted molar refractivity (Wildman–Crippen MR) is 149 cm³/mol. The normalized spacial score (nSPS) is 18.0. The van der Waals surface area contributed by atoms with E-state index in [1.807, 2.05) is 97.9 Å². The molecule has 2 aliphatic rings. The van der Waals surface area contributed by atoms with E-state index in [9.17, 15) is 14.7 Å². The van der Waals surface area contributed by atoms with Crippen molar-refractivity contribution in [3.8, 4) is 17.2 Å². The van der Waals surface area contributed by atoms with Crippen LogP contribution in [0.1, 0.15) is 34.7 Å². The van der Waals surface area contributed by atoms with Crippen LogP contribution in [0.25, 0.3) is 5.76 Å². The van der Waals surface area contributed by atoms with Gasteiger partial charge >= 0.3 is 0 Å². The molecule has 2 aliphatic heterocycles. The number of rotatable bonds is 5. The van der Waals surface area contributed by atoms with Gasteiger partial charge in [0, 0.05) is 11.3 Å². The minimum atomic E-state index is -0.849. The van der Waals surface area contributed by atoms with Gasteiger partial charge in [0.1, 0.15) is 23.0 Å². The number of carbonyl (C=O) groups is 2. The summed E-state index contributed by atoms with van der Waals surface area (Å²) in [6.07, 6.45) is 1.69. The first-order chi connectivity index (χ1) is 19.0. The molecule has 2 heterocycles. The summed E-state index contributed by atoms with van der Waals surface area (Å²) in [4.78, 5) is 28.7. The number of para-hydroxylation sites is 2. The summed E-state index contributed by atoms with van der Waals surface area (Å²) in [5, 5.41) is 11.6. The monoisotopic (exact) mass is 517 g/mol. The predicted octanol–water partition coefficient (Wildman–Crippen LogP) is 6.74. The third kappa shape index (κ3) is 4.55. The summed E-state index contributed by atoms with van der Waals surface area (Å²) < 4.78 is 11.8. The molecule has 1 atom stereocenters. The van der Waals surface area contributed by atoms with E-state index in [1.54, 1.807) is 6.07 Å². The molecule has 0 radical (unpaired) electrons. The van der Waals surface area contributed by atoms with Gasteiger partial charge in [0.15, 0.2) is 0 Å². The standard InChI is InChI=1S/C33H27NO5/c1-21-9-5-6-15-27(21)34-30(23-10-7-14-26(20-23)39-25-12-3-2-4-13-25)29(32(36)33(34)37)31(35)24-16-17-28-22(19-24)11-8-18-38-28/h2-7,9-10,12-17,19-20,30,35H,8,11,18H2,1H3/b31-29-. The number of aryl methyl sites for hydroxylation is 2. The van der Waals surface area contributed by atoms with Crippen molar-refractivity contribution in [2.75, 3.05) is 11.5 Å². The Kier molecular flexibility index (Phi) is 6.37. The van der Waals surface area contributed by atoms with Crippen LogP contribution < -0.4 is 14.4 Å². The molecule has 1 unspecified atom stereocenters. The molecule has 0 aliphatic carbocycles. The van der Waals surface area contributed by atoms with Crippen LogP contribution in [-0.4, -0.2) is 23.4 Å². The smallest absolute Gasteiger partial charge is 0.300 e. The van der Waals surface area contributed by atoms with Gasteiger partial charge in [0.2, 0.25) is 0 Å². The van der Waals surface area contributed by atoms with Gasteiger partial charge in [-0.3, -0.25) is 14.5 Å². The topological polar surface area (TPSA) is 76.1 Å². The molecule has 1 fully saturated rings. The van der Waals surface area contributed by atoms with Gasteiger partial charge in [0.05, 0.1) is 18.2 Å². The number of hydrogen-bond donors (Lipinski definition) is 1. The van der Waals surface area contributed by atoms with Gasteiger partial charge in [-0.15, -0.1) is 0 Å². The molecule has 6 heteroatoms. The van der Waals surface area contributed by atoms with E-state index in [1.165, 1.54) is 4.90 Å². The van der Waals surface area contributed by atoms with Crippen LogP contribution in [0, 0.1) is 6.92 Å². The molecule has 0 aromatic heterocycles. The quantitative estimate of drug-likeness (QED) is 0.180. The van der Waals surface area contributed by atoms with Crippen LogP contribution >= 0.6 is 0 Å². The molecule has 39 heavy (non-hydrogen) atoms. The molecular weight excluding hydrogens is 490 g/mol. The van der Waals surface area contributed by atoms with Gasteiger partial charge in [-0.2, -0.15) is 0 Å². The lowest BCUT2D eigenvalue weighted by molar-refractivity contribution is -0.132. The van der Waals surface area contributed by atoms with Crippen LogP contribution in [-0.2, 0) is 16.0 Å². The van der Waals surface area contributed by atoms with Crippen molar-refractivity contribution >= 4 is 23.1 Å². The third-order valence-corrected chi connectivity index (χ3v) is 7.15. The lowest BCUT2D eigenvalue weighted by Gasteiger charge is -2.27. The number of aliphatic hydroxyl groups is 1. The largest absolute Gasteiger partial charge is 0.507 e. The number of carbonyl (C=O) groups excluding carboxylic acids is 2. The van der Waals surface area contributed by atoms with Crippen LogP contribution in [0.5, 0.6) is 17.2 Å². The van der Waals surface area contributed by atoms with E-state index in [4.69, 9.17) is 9.47 Å². The molecule has 1 amide bonds.